The lowest BCUT2D eigenvalue weighted by molar-refractivity contribution is -0.131. The number of amides is 3. The van der Waals surface area contributed by atoms with Gasteiger partial charge in [-0.05, 0) is 42.5 Å². The van der Waals surface area contributed by atoms with E-state index in [-0.39, 0.29) is 18.2 Å². The van der Waals surface area contributed by atoms with E-state index in [0.29, 0.717) is 12.0 Å². The Morgan fingerprint density at radius 2 is 1.85 bits per heavy atom. The standard InChI is InChI=1S/C20H17BrN2O3/c21-15-9-7-14(8-10-15)17(24)12-23-18(25)20(22-19(23)26)11-3-5-13-4-1-2-6-16(13)20/h1-2,4,6-10H,3,5,11-12H2,(H,22,26)/t20-/m1/s1. The van der Waals surface area contributed by atoms with E-state index in [9.17, 15) is 14.4 Å². The van der Waals surface area contributed by atoms with Crippen LogP contribution in [0, 0.1) is 0 Å². The Labute approximate surface area is 159 Å². The second-order valence-corrected chi connectivity index (χ2v) is 7.58. The summed E-state index contributed by atoms with van der Waals surface area (Å²) < 4.78 is 0.863. The number of fused-ring (bicyclic) bond motifs is 2. The van der Waals surface area contributed by atoms with Gasteiger partial charge in [-0.15, -0.1) is 0 Å². The van der Waals surface area contributed by atoms with E-state index in [1.807, 2.05) is 24.3 Å². The Bertz CT molecular complexity index is 910. The van der Waals surface area contributed by atoms with Crippen LogP contribution < -0.4 is 5.32 Å². The lowest BCUT2D eigenvalue weighted by Gasteiger charge is -2.33. The van der Waals surface area contributed by atoms with Gasteiger partial charge >= 0.3 is 6.03 Å². The van der Waals surface area contributed by atoms with Crippen molar-refractivity contribution in [3.8, 4) is 0 Å². The van der Waals surface area contributed by atoms with Gasteiger partial charge in [0.15, 0.2) is 5.78 Å². The molecule has 5 nitrogen and oxygen atoms in total. The summed E-state index contributed by atoms with van der Waals surface area (Å²) in [5, 5.41) is 2.87. The molecule has 132 valence electrons. The number of ketones is 1. The molecule has 0 bridgehead atoms. The van der Waals surface area contributed by atoms with Crippen LogP contribution in [0.1, 0.15) is 34.3 Å². The number of hydrogen-bond acceptors (Lipinski definition) is 3. The summed E-state index contributed by atoms with van der Waals surface area (Å²) in [5.41, 5.74) is 1.36. The normalized spacial score (nSPS) is 21.7. The summed E-state index contributed by atoms with van der Waals surface area (Å²) in [7, 11) is 0. The highest BCUT2D eigenvalue weighted by atomic mass is 79.9. The van der Waals surface area contributed by atoms with E-state index < -0.39 is 11.6 Å². The monoisotopic (exact) mass is 412 g/mol. The van der Waals surface area contributed by atoms with Crippen molar-refractivity contribution in [1.29, 1.82) is 0 Å². The van der Waals surface area contributed by atoms with Gasteiger partial charge in [0.2, 0.25) is 0 Å². The SMILES string of the molecule is O=C(CN1C(=O)N[C@@]2(CCCc3ccccc32)C1=O)c1ccc(Br)cc1. The van der Waals surface area contributed by atoms with Crippen molar-refractivity contribution in [3.05, 3.63) is 69.7 Å². The molecule has 2 aromatic rings. The minimum atomic E-state index is -1.04. The summed E-state index contributed by atoms with van der Waals surface area (Å²) in [6, 6.07) is 14.1. The first-order chi connectivity index (χ1) is 12.5. The van der Waals surface area contributed by atoms with E-state index in [1.165, 1.54) is 0 Å². The van der Waals surface area contributed by atoms with Gasteiger partial charge in [-0.3, -0.25) is 14.5 Å². The molecule has 1 saturated heterocycles. The van der Waals surface area contributed by atoms with Gasteiger partial charge in [0.25, 0.3) is 5.91 Å². The quantitative estimate of drug-likeness (QED) is 0.620. The van der Waals surface area contributed by atoms with Crippen molar-refractivity contribution in [2.45, 2.75) is 24.8 Å². The van der Waals surface area contributed by atoms with Crippen LogP contribution in [0.15, 0.2) is 53.0 Å². The Morgan fingerprint density at radius 1 is 1.12 bits per heavy atom. The number of benzene rings is 2. The Balaban J connectivity index is 1.63. The van der Waals surface area contributed by atoms with E-state index in [4.69, 9.17) is 0 Å². The molecule has 1 heterocycles. The number of rotatable bonds is 3. The van der Waals surface area contributed by atoms with Gasteiger partial charge in [-0.2, -0.15) is 0 Å². The molecule has 1 spiro atoms. The van der Waals surface area contributed by atoms with Gasteiger partial charge in [-0.1, -0.05) is 52.3 Å². The zero-order valence-electron chi connectivity index (χ0n) is 14.0. The number of Topliss-reactive ketones (excluding diaryl/α,β-unsaturated/α-hetero) is 1. The maximum atomic E-state index is 13.2. The van der Waals surface area contributed by atoms with Gasteiger partial charge in [0, 0.05) is 10.0 Å². The molecule has 26 heavy (non-hydrogen) atoms. The number of hydrogen-bond donors (Lipinski definition) is 1. The molecule has 0 aromatic heterocycles. The Kier molecular flexibility index (Phi) is 4.15. The molecule has 1 fully saturated rings. The van der Waals surface area contributed by atoms with Crippen LogP contribution >= 0.6 is 15.9 Å². The highest BCUT2D eigenvalue weighted by Gasteiger charge is 2.54. The molecule has 0 unspecified atom stereocenters. The summed E-state index contributed by atoms with van der Waals surface area (Å²) >= 11 is 3.33. The van der Waals surface area contributed by atoms with Crippen LogP contribution in [0.25, 0.3) is 0 Å². The van der Waals surface area contributed by atoms with Crippen molar-refractivity contribution in [3.63, 3.8) is 0 Å². The van der Waals surface area contributed by atoms with Crippen LogP contribution in [0.5, 0.6) is 0 Å². The summed E-state index contributed by atoms with van der Waals surface area (Å²) in [6.07, 6.45) is 2.26. The predicted octanol–water partition coefficient (Wildman–Crippen LogP) is 3.42. The van der Waals surface area contributed by atoms with Crippen LogP contribution in [0.2, 0.25) is 0 Å². The lowest BCUT2D eigenvalue weighted by Crippen LogP contribution is -2.46. The van der Waals surface area contributed by atoms with Crippen LogP contribution in [0.4, 0.5) is 4.79 Å². The second-order valence-electron chi connectivity index (χ2n) is 6.67. The highest BCUT2D eigenvalue weighted by molar-refractivity contribution is 9.10. The largest absolute Gasteiger partial charge is 0.325 e. The van der Waals surface area contributed by atoms with Crippen LogP contribution in [-0.4, -0.2) is 29.2 Å². The number of imide groups is 1. The molecule has 3 amide bonds. The smallest absolute Gasteiger partial charge is 0.319 e. The Hall–Kier alpha value is -2.47. The zero-order valence-corrected chi connectivity index (χ0v) is 15.6. The fourth-order valence-electron chi connectivity index (χ4n) is 3.83. The summed E-state index contributed by atoms with van der Waals surface area (Å²) in [5.74, 6) is -0.595. The van der Waals surface area contributed by atoms with Crippen molar-refractivity contribution in [1.82, 2.24) is 10.2 Å². The van der Waals surface area contributed by atoms with Gasteiger partial charge < -0.3 is 5.32 Å². The van der Waals surface area contributed by atoms with Crippen molar-refractivity contribution in [2.24, 2.45) is 0 Å². The maximum absolute atomic E-state index is 13.2. The molecule has 6 heteroatoms. The molecule has 1 aliphatic heterocycles. The molecular formula is C20H17BrN2O3. The van der Waals surface area contributed by atoms with E-state index in [0.717, 1.165) is 33.3 Å². The van der Waals surface area contributed by atoms with Gasteiger partial charge in [-0.25, -0.2) is 4.79 Å². The summed E-state index contributed by atoms with van der Waals surface area (Å²) in [6.45, 7) is -0.254. The van der Waals surface area contributed by atoms with Crippen LogP contribution in [0.3, 0.4) is 0 Å². The number of nitrogens with zero attached hydrogens (tertiary/aromatic N) is 1. The summed E-state index contributed by atoms with van der Waals surface area (Å²) in [4.78, 5) is 39.3. The molecule has 1 atom stereocenters. The molecule has 0 saturated carbocycles. The third-order valence-electron chi connectivity index (χ3n) is 5.12. The first kappa shape index (κ1) is 17.0. The lowest BCUT2D eigenvalue weighted by atomic mass is 9.76. The molecule has 4 rings (SSSR count). The van der Waals surface area contributed by atoms with E-state index in [2.05, 4.69) is 21.2 Å². The molecule has 2 aliphatic rings. The fourth-order valence-corrected chi connectivity index (χ4v) is 4.09. The van der Waals surface area contributed by atoms with Crippen molar-refractivity contribution >= 4 is 33.7 Å². The van der Waals surface area contributed by atoms with E-state index in [1.54, 1.807) is 24.3 Å². The fraction of sp³-hybridized carbons (Fsp3) is 0.250. The molecular weight excluding hydrogens is 396 g/mol. The highest BCUT2D eigenvalue weighted by Crippen LogP contribution is 2.39. The number of nitrogens with one attached hydrogen (secondary N) is 1. The van der Waals surface area contributed by atoms with Crippen LogP contribution in [-0.2, 0) is 16.8 Å². The van der Waals surface area contributed by atoms with Crippen molar-refractivity contribution < 1.29 is 14.4 Å². The second kappa shape index (κ2) is 6.36. The first-order valence-electron chi connectivity index (χ1n) is 8.52. The Morgan fingerprint density at radius 3 is 2.62 bits per heavy atom. The average molecular weight is 413 g/mol. The number of aryl methyl sites for hydroxylation is 1. The molecule has 1 aliphatic carbocycles. The topological polar surface area (TPSA) is 66.5 Å². The zero-order chi connectivity index (χ0) is 18.3. The number of carbonyl (C=O) groups excluding carboxylic acids is 3. The number of carbonyl (C=O) groups is 3. The predicted molar refractivity (Wildman–Crippen MR) is 99.8 cm³/mol. The van der Waals surface area contributed by atoms with E-state index >= 15 is 0 Å². The van der Waals surface area contributed by atoms with Crippen molar-refractivity contribution in [2.75, 3.05) is 6.54 Å². The maximum Gasteiger partial charge on any atom is 0.325 e. The minimum Gasteiger partial charge on any atom is -0.319 e. The van der Waals surface area contributed by atoms with Gasteiger partial charge in [0.05, 0.1) is 6.54 Å². The molecule has 0 radical (unpaired) electrons. The third kappa shape index (κ3) is 2.65. The molecule has 2 aromatic carbocycles. The third-order valence-corrected chi connectivity index (χ3v) is 5.65. The average Bonchev–Trinajstić information content (AvgIpc) is 2.87. The number of urea groups is 1. The number of halogens is 1. The minimum absolute atomic E-state index is 0.254. The van der Waals surface area contributed by atoms with Gasteiger partial charge in [0.1, 0.15) is 5.54 Å². The first-order valence-corrected chi connectivity index (χ1v) is 9.32. The molecule has 1 N–H and O–H groups in total.